The van der Waals surface area contributed by atoms with Crippen molar-refractivity contribution in [2.75, 3.05) is 39.3 Å². The van der Waals surface area contributed by atoms with Gasteiger partial charge in [-0.2, -0.15) is 0 Å². The lowest BCUT2D eigenvalue weighted by atomic mass is 10.1. The molecule has 0 saturated carbocycles. The second-order valence-electron chi connectivity index (χ2n) is 6.72. The number of likely N-dealkylation sites (tertiary alicyclic amines) is 1. The molecule has 1 atom stereocenters. The fraction of sp³-hybridized carbons (Fsp3) is 0.550. The molecule has 1 aliphatic rings. The number of aryl methyl sites for hydroxylation is 1. The fourth-order valence-electron chi connectivity index (χ4n) is 3.74. The summed E-state index contributed by atoms with van der Waals surface area (Å²) in [5.41, 5.74) is 1.20. The Morgan fingerprint density at radius 3 is 2.84 bits per heavy atom. The van der Waals surface area contributed by atoms with Crippen LogP contribution in [0.25, 0.3) is 11.0 Å². The highest BCUT2D eigenvalue weighted by atomic mass is 16.5. The molecule has 0 spiro atoms. The second kappa shape index (κ2) is 8.02. The van der Waals surface area contributed by atoms with E-state index in [0.29, 0.717) is 18.2 Å². The van der Waals surface area contributed by atoms with Crippen LogP contribution in [0, 0.1) is 6.92 Å². The molecule has 25 heavy (non-hydrogen) atoms. The number of hydrogen-bond donors (Lipinski definition) is 0. The highest BCUT2D eigenvalue weighted by Gasteiger charge is 2.25. The quantitative estimate of drug-likeness (QED) is 0.723. The van der Waals surface area contributed by atoms with Crippen molar-refractivity contribution < 1.29 is 9.15 Å². The van der Waals surface area contributed by atoms with Gasteiger partial charge in [-0.3, -0.25) is 9.80 Å². The van der Waals surface area contributed by atoms with Crippen LogP contribution in [0.4, 0.5) is 0 Å². The van der Waals surface area contributed by atoms with Gasteiger partial charge in [0.05, 0.1) is 0 Å². The molecule has 1 fully saturated rings. The minimum Gasteiger partial charge on any atom is -0.492 e. The van der Waals surface area contributed by atoms with E-state index >= 15 is 0 Å². The summed E-state index contributed by atoms with van der Waals surface area (Å²) in [6, 6.07) is 7.90. The summed E-state index contributed by atoms with van der Waals surface area (Å²) < 4.78 is 11.2. The molecule has 3 rings (SSSR count). The lowest BCUT2D eigenvalue weighted by Crippen LogP contribution is -2.37. The van der Waals surface area contributed by atoms with Crippen molar-refractivity contribution in [2.24, 2.45) is 0 Å². The van der Waals surface area contributed by atoms with Crippen LogP contribution < -0.4 is 10.4 Å². The van der Waals surface area contributed by atoms with Gasteiger partial charge in [0.15, 0.2) is 0 Å². The van der Waals surface area contributed by atoms with Crippen molar-refractivity contribution in [3.8, 4) is 5.75 Å². The van der Waals surface area contributed by atoms with E-state index in [2.05, 4.69) is 23.6 Å². The van der Waals surface area contributed by atoms with Crippen molar-refractivity contribution in [3.05, 3.63) is 40.2 Å². The van der Waals surface area contributed by atoms with Gasteiger partial charge in [0.1, 0.15) is 17.9 Å². The van der Waals surface area contributed by atoms with Gasteiger partial charge < -0.3 is 9.15 Å². The molecule has 0 aliphatic carbocycles. The van der Waals surface area contributed by atoms with Crippen LogP contribution in [0.15, 0.2) is 33.5 Å². The van der Waals surface area contributed by atoms with Crippen LogP contribution in [0.5, 0.6) is 5.75 Å². The maximum absolute atomic E-state index is 11.5. The number of fused-ring (bicyclic) bond motifs is 1. The smallest absolute Gasteiger partial charge is 0.336 e. The first-order chi connectivity index (χ1) is 12.1. The number of rotatable bonds is 7. The van der Waals surface area contributed by atoms with Crippen LogP contribution in [-0.4, -0.2) is 55.2 Å². The van der Waals surface area contributed by atoms with Crippen molar-refractivity contribution in [3.63, 3.8) is 0 Å². The number of benzene rings is 1. The van der Waals surface area contributed by atoms with Crippen molar-refractivity contribution in [2.45, 2.75) is 33.2 Å². The summed E-state index contributed by atoms with van der Waals surface area (Å²) in [5, 5.41) is 0.952. The topological polar surface area (TPSA) is 45.9 Å². The fourth-order valence-corrected chi connectivity index (χ4v) is 3.74. The Hall–Kier alpha value is -1.85. The molecular formula is C20H28N2O3. The van der Waals surface area contributed by atoms with Crippen molar-refractivity contribution in [1.82, 2.24) is 9.80 Å². The van der Waals surface area contributed by atoms with E-state index in [1.54, 1.807) is 0 Å². The predicted octanol–water partition coefficient (Wildman–Crippen LogP) is 2.90. The number of nitrogens with zero attached hydrogens (tertiary/aromatic N) is 2. The molecule has 5 heteroatoms. The Bertz CT molecular complexity index is 767. The molecule has 2 aromatic rings. The minimum absolute atomic E-state index is 0.318. The average Bonchev–Trinajstić information content (AvgIpc) is 3.04. The van der Waals surface area contributed by atoms with Crippen molar-refractivity contribution in [1.29, 1.82) is 0 Å². The molecular weight excluding hydrogens is 316 g/mol. The van der Waals surface area contributed by atoms with E-state index in [1.165, 1.54) is 12.5 Å². The molecule has 136 valence electrons. The van der Waals surface area contributed by atoms with Gasteiger partial charge in [0, 0.05) is 36.7 Å². The van der Waals surface area contributed by atoms with E-state index in [9.17, 15) is 4.79 Å². The normalized spacial score (nSPS) is 18.3. The van der Waals surface area contributed by atoms with Crippen LogP contribution >= 0.6 is 0 Å². The Morgan fingerprint density at radius 1 is 1.28 bits per heavy atom. The van der Waals surface area contributed by atoms with Crippen LogP contribution in [0.2, 0.25) is 0 Å². The zero-order valence-corrected chi connectivity index (χ0v) is 15.5. The molecule has 1 aromatic carbocycles. The van der Waals surface area contributed by atoms with Gasteiger partial charge in [-0.25, -0.2) is 4.79 Å². The third-order valence-electron chi connectivity index (χ3n) is 5.18. The third-order valence-corrected chi connectivity index (χ3v) is 5.18. The molecule has 1 saturated heterocycles. The van der Waals surface area contributed by atoms with Gasteiger partial charge in [-0.15, -0.1) is 0 Å². The van der Waals surface area contributed by atoms with E-state index in [0.717, 1.165) is 49.4 Å². The van der Waals surface area contributed by atoms with Gasteiger partial charge in [-0.05, 0) is 50.7 Å². The summed E-state index contributed by atoms with van der Waals surface area (Å²) in [7, 11) is 0. The minimum atomic E-state index is -0.318. The SMILES string of the molecule is CCN(CC)C1CCN(CCOc2ccc3c(C)cc(=O)oc3c2)C1. The Balaban J connectivity index is 1.54. The molecule has 2 heterocycles. The molecule has 1 aliphatic heterocycles. The number of likely N-dealkylation sites (N-methyl/N-ethyl adjacent to an activating group) is 1. The first kappa shape index (κ1) is 18.0. The van der Waals surface area contributed by atoms with Gasteiger partial charge in [-0.1, -0.05) is 13.8 Å². The largest absolute Gasteiger partial charge is 0.492 e. The van der Waals surface area contributed by atoms with Crippen LogP contribution in [0.3, 0.4) is 0 Å². The summed E-state index contributed by atoms with van der Waals surface area (Å²) in [5.74, 6) is 0.751. The standard InChI is InChI=1S/C20H28N2O3/c1-4-22(5-2)16-8-9-21(14-16)10-11-24-17-6-7-18-15(3)12-20(23)25-19(18)13-17/h6-7,12-13,16H,4-5,8-11,14H2,1-3H3. The van der Waals surface area contributed by atoms with Gasteiger partial charge in [0.2, 0.25) is 0 Å². The number of hydrogen-bond acceptors (Lipinski definition) is 5. The third kappa shape index (κ3) is 4.22. The Labute approximate surface area is 149 Å². The zero-order chi connectivity index (χ0) is 17.8. The van der Waals surface area contributed by atoms with Crippen LogP contribution in [-0.2, 0) is 0 Å². The van der Waals surface area contributed by atoms with E-state index in [4.69, 9.17) is 9.15 Å². The molecule has 5 nitrogen and oxygen atoms in total. The average molecular weight is 344 g/mol. The molecule has 0 radical (unpaired) electrons. The van der Waals surface area contributed by atoms with Crippen molar-refractivity contribution >= 4 is 11.0 Å². The maximum atomic E-state index is 11.5. The van der Waals surface area contributed by atoms with Gasteiger partial charge in [0.25, 0.3) is 0 Å². The second-order valence-corrected chi connectivity index (χ2v) is 6.72. The Kier molecular flexibility index (Phi) is 5.76. The molecule has 0 N–H and O–H groups in total. The lowest BCUT2D eigenvalue weighted by Gasteiger charge is -2.26. The first-order valence-corrected chi connectivity index (χ1v) is 9.24. The highest BCUT2D eigenvalue weighted by molar-refractivity contribution is 5.81. The molecule has 1 aromatic heterocycles. The summed E-state index contributed by atoms with van der Waals surface area (Å²) in [4.78, 5) is 16.5. The molecule has 1 unspecified atom stereocenters. The van der Waals surface area contributed by atoms with E-state index in [-0.39, 0.29) is 5.63 Å². The predicted molar refractivity (Wildman–Crippen MR) is 100 cm³/mol. The summed E-state index contributed by atoms with van der Waals surface area (Å²) in [6.07, 6.45) is 1.24. The van der Waals surface area contributed by atoms with Gasteiger partial charge >= 0.3 is 5.63 Å². The van der Waals surface area contributed by atoms with E-state index in [1.807, 2.05) is 25.1 Å². The van der Waals surface area contributed by atoms with Crippen LogP contribution in [0.1, 0.15) is 25.8 Å². The molecule has 0 bridgehead atoms. The number of ether oxygens (including phenoxy) is 1. The first-order valence-electron chi connectivity index (χ1n) is 9.24. The monoisotopic (exact) mass is 344 g/mol. The zero-order valence-electron chi connectivity index (χ0n) is 15.5. The maximum Gasteiger partial charge on any atom is 0.336 e. The molecule has 0 amide bonds. The summed E-state index contributed by atoms with van der Waals surface area (Å²) >= 11 is 0. The van der Waals surface area contributed by atoms with E-state index < -0.39 is 0 Å². The Morgan fingerprint density at radius 2 is 2.08 bits per heavy atom. The highest BCUT2D eigenvalue weighted by Crippen LogP contribution is 2.22. The lowest BCUT2D eigenvalue weighted by molar-refractivity contribution is 0.195. The summed E-state index contributed by atoms with van der Waals surface area (Å²) in [6.45, 7) is 12.4.